The van der Waals surface area contributed by atoms with E-state index in [1.54, 1.807) is 4.90 Å². The molecule has 1 aliphatic heterocycles. The predicted molar refractivity (Wildman–Crippen MR) is 93.4 cm³/mol. The second-order valence-electron chi connectivity index (χ2n) is 7.04. The Bertz CT molecular complexity index is 619. The first-order valence-corrected chi connectivity index (χ1v) is 8.34. The molecule has 1 unspecified atom stereocenters. The van der Waals surface area contributed by atoms with Gasteiger partial charge in [-0.3, -0.25) is 4.79 Å². The molecule has 1 aromatic heterocycles. The maximum Gasteiger partial charge on any atom is 0.340 e. The van der Waals surface area contributed by atoms with Crippen molar-refractivity contribution in [3.63, 3.8) is 0 Å². The van der Waals surface area contributed by atoms with E-state index in [9.17, 15) is 14.7 Å². The second kappa shape index (κ2) is 8.15. The highest BCUT2D eigenvalue weighted by molar-refractivity contribution is 6.04. The summed E-state index contributed by atoms with van der Waals surface area (Å²) in [4.78, 5) is 32.1. The standard InChI is InChI=1S/C17H26N4O4/c1-17(2,10-12-4-3-5-19-12)11-13(15(22)23)14(20-16(18)24)21-6-8-25-9-7-21/h3-5,13,19H,6-11H2,1-2H3,(H2,18,24)(H,22,23). The van der Waals surface area contributed by atoms with E-state index < -0.39 is 17.9 Å². The number of carboxylic acid groups (broad SMARTS) is 1. The molecule has 8 heteroatoms. The first-order chi connectivity index (χ1) is 11.8. The van der Waals surface area contributed by atoms with Crippen LogP contribution in [0.3, 0.4) is 0 Å². The number of aromatic amines is 1. The van der Waals surface area contributed by atoms with Gasteiger partial charge in [0.15, 0.2) is 0 Å². The lowest BCUT2D eigenvalue weighted by Crippen LogP contribution is -2.47. The van der Waals surface area contributed by atoms with E-state index in [0.29, 0.717) is 39.1 Å². The highest BCUT2D eigenvalue weighted by atomic mass is 16.5. The van der Waals surface area contributed by atoms with E-state index in [-0.39, 0.29) is 11.3 Å². The van der Waals surface area contributed by atoms with Gasteiger partial charge in [-0.2, -0.15) is 4.99 Å². The van der Waals surface area contributed by atoms with Crippen molar-refractivity contribution in [3.8, 4) is 0 Å². The van der Waals surface area contributed by atoms with Crippen molar-refractivity contribution >= 4 is 17.8 Å². The van der Waals surface area contributed by atoms with Gasteiger partial charge in [0.1, 0.15) is 11.8 Å². The van der Waals surface area contributed by atoms with Gasteiger partial charge in [-0.1, -0.05) is 13.8 Å². The Hall–Kier alpha value is -2.35. The number of morpholine rings is 1. The zero-order valence-corrected chi connectivity index (χ0v) is 14.7. The first kappa shape index (κ1) is 19.0. The molecule has 2 rings (SSSR count). The highest BCUT2D eigenvalue weighted by Crippen LogP contribution is 2.31. The minimum absolute atomic E-state index is 0.225. The fraction of sp³-hybridized carbons (Fsp3) is 0.588. The fourth-order valence-electron chi connectivity index (χ4n) is 3.18. The molecule has 1 fully saturated rings. The molecule has 0 aliphatic carbocycles. The van der Waals surface area contributed by atoms with Crippen molar-refractivity contribution in [1.82, 2.24) is 9.88 Å². The second-order valence-corrected chi connectivity index (χ2v) is 7.04. The van der Waals surface area contributed by atoms with Crippen LogP contribution in [0.1, 0.15) is 26.0 Å². The van der Waals surface area contributed by atoms with Crippen LogP contribution in [-0.2, 0) is 16.0 Å². The Morgan fingerprint density at radius 1 is 1.44 bits per heavy atom. The molecule has 138 valence electrons. The number of primary amides is 1. The Morgan fingerprint density at radius 3 is 2.64 bits per heavy atom. The number of carbonyl (C=O) groups is 2. The Kier molecular flexibility index (Phi) is 6.19. The summed E-state index contributed by atoms with van der Waals surface area (Å²) in [5.74, 6) is -1.69. The van der Waals surface area contributed by atoms with Crippen LogP contribution in [0.2, 0.25) is 0 Å². The van der Waals surface area contributed by atoms with Crippen molar-refractivity contribution in [2.24, 2.45) is 22.1 Å². The van der Waals surface area contributed by atoms with Crippen molar-refractivity contribution in [3.05, 3.63) is 24.0 Å². The molecule has 1 aliphatic rings. The number of carbonyl (C=O) groups excluding carboxylic acids is 1. The Morgan fingerprint density at radius 2 is 2.12 bits per heavy atom. The molecule has 0 radical (unpaired) electrons. The Balaban J connectivity index is 2.23. The largest absolute Gasteiger partial charge is 0.481 e. The lowest BCUT2D eigenvalue weighted by molar-refractivity contribution is -0.140. The van der Waals surface area contributed by atoms with Gasteiger partial charge >= 0.3 is 12.0 Å². The Labute approximate surface area is 147 Å². The highest BCUT2D eigenvalue weighted by Gasteiger charge is 2.35. The number of nitrogens with one attached hydrogen (secondary N) is 1. The molecule has 25 heavy (non-hydrogen) atoms. The zero-order chi connectivity index (χ0) is 18.4. The number of urea groups is 1. The number of aromatic nitrogens is 1. The number of H-pyrrole nitrogens is 1. The van der Waals surface area contributed by atoms with Gasteiger partial charge in [-0.25, -0.2) is 4.79 Å². The smallest absolute Gasteiger partial charge is 0.340 e. The molecule has 0 bridgehead atoms. The number of aliphatic carboxylic acids is 1. The molecule has 2 amide bonds. The van der Waals surface area contributed by atoms with Crippen LogP contribution in [-0.4, -0.2) is 59.1 Å². The lowest BCUT2D eigenvalue weighted by atomic mass is 9.78. The molecule has 2 heterocycles. The average molecular weight is 350 g/mol. The van der Waals surface area contributed by atoms with Gasteiger partial charge in [0.05, 0.1) is 13.2 Å². The van der Waals surface area contributed by atoms with Crippen molar-refractivity contribution < 1.29 is 19.4 Å². The van der Waals surface area contributed by atoms with E-state index >= 15 is 0 Å². The lowest BCUT2D eigenvalue weighted by Gasteiger charge is -2.35. The summed E-state index contributed by atoms with van der Waals surface area (Å²) in [6.45, 7) is 5.93. The van der Waals surface area contributed by atoms with Crippen LogP contribution < -0.4 is 5.73 Å². The zero-order valence-electron chi connectivity index (χ0n) is 14.7. The molecule has 0 aromatic carbocycles. The number of hydrogen-bond donors (Lipinski definition) is 3. The predicted octanol–water partition coefficient (Wildman–Crippen LogP) is 1.48. The molecule has 1 aromatic rings. The third kappa shape index (κ3) is 5.60. The summed E-state index contributed by atoms with van der Waals surface area (Å²) < 4.78 is 5.30. The number of hydrogen-bond acceptors (Lipinski definition) is 3. The van der Waals surface area contributed by atoms with Gasteiger partial charge in [0.25, 0.3) is 0 Å². The van der Waals surface area contributed by atoms with Crippen LogP contribution >= 0.6 is 0 Å². The number of amides is 2. The number of amidine groups is 1. The van der Waals surface area contributed by atoms with Gasteiger partial charge < -0.3 is 25.5 Å². The first-order valence-electron chi connectivity index (χ1n) is 8.34. The molecule has 0 spiro atoms. The number of nitrogens with two attached hydrogens (primary N) is 1. The molecule has 1 saturated heterocycles. The van der Waals surface area contributed by atoms with E-state index in [4.69, 9.17) is 10.5 Å². The average Bonchev–Trinajstić information content (AvgIpc) is 3.03. The van der Waals surface area contributed by atoms with Gasteiger partial charge in [-0.15, -0.1) is 0 Å². The van der Waals surface area contributed by atoms with Crippen LogP contribution in [0.4, 0.5) is 4.79 Å². The molecule has 1 atom stereocenters. The summed E-state index contributed by atoms with van der Waals surface area (Å²) in [6, 6.07) is 3.00. The van der Waals surface area contributed by atoms with Gasteiger partial charge in [0, 0.05) is 25.0 Å². The minimum atomic E-state index is -1.01. The summed E-state index contributed by atoms with van der Waals surface area (Å²) in [6.07, 6.45) is 2.87. The van der Waals surface area contributed by atoms with Gasteiger partial charge in [0.2, 0.25) is 0 Å². The van der Waals surface area contributed by atoms with Crippen LogP contribution in [0.15, 0.2) is 23.3 Å². The quantitative estimate of drug-likeness (QED) is 0.530. The van der Waals surface area contributed by atoms with E-state index in [0.717, 1.165) is 5.69 Å². The van der Waals surface area contributed by atoms with Gasteiger partial charge in [-0.05, 0) is 30.4 Å². The maximum absolute atomic E-state index is 11.9. The number of aliphatic imine (C=N–C) groups is 1. The van der Waals surface area contributed by atoms with Crippen molar-refractivity contribution in [1.29, 1.82) is 0 Å². The summed E-state index contributed by atoms with van der Waals surface area (Å²) >= 11 is 0. The van der Waals surface area contributed by atoms with E-state index in [1.807, 2.05) is 32.2 Å². The summed E-state index contributed by atoms with van der Waals surface area (Å²) in [5.41, 5.74) is 5.96. The summed E-state index contributed by atoms with van der Waals surface area (Å²) in [7, 11) is 0. The van der Waals surface area contributed by atoms with Crippen LogP contribution in [0.25, 0.3) is 0 Å². The van der Waals surface area contributed by atoms with Crippen LogP contribution in [0, 0.1) is 11.3 Å². The third-order valence-corrected chi connectivity index (χ3v) is 4.26. The molecule has 0 saturated carbocycles. The molecule has 4 N–H and O–H groups in total. The maximum atomic E-state index is 11.9. The monoisotopic (exact) mass is 350 g/mol. The van der Waals surface area contributed by atoms with E-state index in [1.165, 1.54) is 0 Å². The minimum Gasteiger partial charge on any atom is -0.481 e. The number of carboxylic acids is 1. The van der Waals surface area contributed by atoms with Crippen molar-refractivity contribution in [2.45, 2.75) is 26.7 Å². The summed E-state index contributed by atoms with van der Waals surface area (Å²) in [5, 5.41) is 9.78. The molecular formula is C17H26N4O4. The molecule has 8 nitrogen and oxygen atoms in total. The SMILES string of the molecule is CC(C)(Cc1ccc[nH]1)CC(C(=O)O)C(=NC(N)=O)N1CCOCC1. The topological polar surface area (TPSA) is 121 Å². The third-order valence-electron chi connectivity index (χ3n) is 4.26. The molecular weight excluding hydrogens is 324 g/mol. The van der Waals surface area contributed by atoms with Crippen LogP contribution in [0.5, 0.6) is 0 Å². The number of ether oxygens (including phenoxy) is 1. The fourth-order valence-corrected chi connectivity index (χ4v) is 3.18. The van der Waals surface area contributed by atoms with E-state index in [2.05, 4.69) is 9.98 Å². The van der Waals surface area contributed by atoms with Crippen molar-refractivity contribution in [2.75, 3.05) is 26.3 Å². The number of rotatable bonds is 6. The normalized spacial score (nSPS) is 17.4. The number of nitrogens with zero attached hydrogens (tertiary/aromatic N) is 2.